The van der Waals surface area contributed by atoms with Gasteiger partial charge in [-0.25, -0.2) is 8.42 Å². The maximum absolute atomic E-state index is 11.4. The van der Waals surface area contributed by atoms with Crippen LogP contribution in [0.25, 0.3) is 0 Å². The van der Waals surface area contributed by atoms with Gasteiger partial charge in [-0.05, 0) is 18.8 Å². The average molecular weight is 345 g/mol. The summed E-state index contributed by atoms with van der Waals surface area (Å²) in [5.74, 6) is 2.38. The van der Waals surface area contributed by atoms with E-state index < -0.39 is 9.84 Å². The second-order valence-electron chi connectivity index (χ2n) is 6.71. The topological polar surface area (TPSA) is 73.8 Å². The molecule has 2 aliphatic rings. The Morgan fingerprint density at radius 1 is 1.13 bits per heavy atom. The molecule has 0 unspecified atom stereocenters. The minimum absolute atomic E-state index is 0.293. The predicted octanol–water partition coefficient (Wildman–Crippen LogP) is 0.852. The van der Waals surface area contributed by atoms with Crippen LogP contribution in [0.5, 0.6) is 0 Å². The van der Waals surface area contributed by atoms with E-state index in [-0.39, 0.29) is 0 Å². The maximum atomic E-state index is 11.4. The van der Waals surface area contributed by atoms with Crippen LogP contribution >= 0.6 is 0 Å². The number of guanidine groups is 1. The average Bonchev–Trinajstić information content (AvgIpc) is 3.04. The van der Waals surface area contributed by atoms with Crippen molar-refractivity contribution in [1.29, 1.82) is 0 Å². The van der Waals surface area contributed by atoms with Gasteiger partial charge in [-0.3, -0.25) is 9.89 Å². The van der Waals surface area contributed by atoms with Crippen molar-refractivity contribution in [2.45, 2.75) is 38.5 Å². The van der Waals surface area contributed by atoms with E-state index in [2.05, 4.69) is 20.5 Å². The molecule has 2 fully saturated rings. The van der Waals surface area contributed by atoms with Crippen LogP contribution in [-0.2, 0) is 9.84 Å². The smallest absolute Gasteiger partial charge is 0.191 e. The van der Waals surface area contributed by atoms with Crippen molar-refractivity contribution >= 4 is 15.8 Å². The highest BCUT2D eigenvalue weighted by Gasteiger charge is 2.20. The Morgan fingerprint density at radius 3 is 2.43 bits per heavy atom. The number of nitrogens with one attached hydrogen (secondary N) is 2. The summed E-state index contributed by atoms with van der Waals surface area (Å²) < 4.78 is 22.8. The van der Waals surface area contributed by atoms with Gasteiger partial charge >= 0.3 is 0 Å². The Balaban J connectivity index is 1.52. The van der Waals surface area contributed by atoms with Gasteiger partial charge in [0.1, 0.15) is 0 Å². The summed E-state index contributed by atoms with van der Waals surface area (Å²) in [7, 11) is -0.991. The van der Waals surface area contributed by atoms with Gasteiger partial charge in [0.05, 0.1) is 11.5 Å². The zero-order valence-corrected chi connectivity index (χ0v) is 15.2. The Labute approximate surface area is 141 Å². The monoisotopic (exact) mass is 344 g/mol. The molecule has 0 aromatic rings. The fraction of sp³-hybridized carbons (Fsp3) is 0.938. The van der Waals surface area contributed by atoms with Gasteiger partial charge in [0.15, 0.2) is 15.8 Å². The lowest BCUT2D eigenvalue weighted by Crippen LogP contribution is -2.46. The standard InChI is InChI=1S/C16H32N4O2S/c1-17-16(18-8-4-7-15-5-2-3-6-15)19-9-10-20-11-13-23(21,22)14-12-20/h15H,2-14H2,1H3,(H2,17,18,19). The lowest BCUT2D eigenvalue weighted by molar-refractivity contribution is 0.299. The van der Waals surface area contributed by atoms with E-state index >= 15 is 0 Å². The normalized spacial score (nSPS) is 23.1. The lowest BCUT2D eigenvalue weighted by atomic mass is 10.0. The first kappa shape index (κ1) is 18.5. The highest BCUT2D eigenvalue weighted by Crippen LogP contribution is 2.28. The van der Waals surface area contributed by atoms with E-state index in [0.717, 1.165) is 31.5 Å². The second-order valence-corrected chi connectivity index (χ2v) is 9.02. The molecule has 23 heavy (non-hydrogen) atoms. The molecule has 6 nitrogen and oxygen atoms in total. The van der Waals surface area contributed by atoms with Gasteiger partial charge in [0.2, 0.25) is 0 Å². The van der Waals surface area contributed by atoms with Crippen molar-refractivity contribution in [3.63, 3.8) is 0 Å². The SMILES string of the molecule is CN=C(NCCCC1CCCC1)NCCN1CCS(=O)(=O)CC1. The van der Waals surface area contributed by atoms with Gasteiger partial charge in [-0.15, -0.1) is 0 Å². The minimum Gasteiger partial charge on any atom is -0.356 e. The van der Waals surface area contributed by atoms with Crippen LogP contribution in [0.2, 0.25) is 0 Å². The summed E-state index contributed by atoms with van der Waals surface area (Å²) in [5, 5.41) is 6.68. The molecular weight excluding hydrogens is 312 g/mol. The first-order chi connectivity index (χ1) is 11.1. The van der Waals surface area contributed by atoms with Crippen molar-refractivity contribution in [2.75, 3.05) is 51.3 Å². The van der Waals surface area contributed by atoms with Crippen LogP contribution in [0.3, 0.4) is 0 Å². The summed E-state index contributed by atoms with van der Waals surface area (Å²) in [4.78, 5) is 6.44. The maximum Gasteiger partial charge on any atom is 0.191 e. The van der Waals surface area contributed by atoms with Crippen molar-refractivity contribution in [3.8, 4) is 0 Å². The number of hydrogen-bond donors (Lipinski definition) is 2. The van der Waals surface area contributed by atoms with E-state index in [1.54, 1.807) is 7.05 Å². The molecule has 134 valence electrons. The van der Waals surface area contributed by atoms with Crippen molar-refractivity contribution in [1.82, 2.24) is 15.5 Å². The largest absolute Gasteiger partial charge is 0.356 e. The molecule has 0 aromatic heterocycles. The molecule has 0 spiro atoms. The van der Waals surface area contributed by atoms with E-state index in [9.17, 15) is 8.42 Å². The quantitative estimate of drug-likeness (QED) is 0.407. The highest BCUT2D eigenvalue weighted by atomic mass is 32.2. The third-order valence-electron chi connectivity index (χ3n) is 4.94. The molecule has 1 saturated carbocycles. The van der Waals surface area contributed by atoms with Crippen LogP contribution in [0.4, 0.5) is 0 Å². The molecule has 1 saturated heterocycles. The van der Waals surface area contributed by atoms with E-state index in [1.165, 1.54) is 38.5 Å². The first-order valence-corrected chi connectivity index (χ1v) is 10.8. The Kier molecular flexibility index (Phi) is 7.62. The molecule has 1 aliphatic carbocycles. The second kappa shape index (κ2) is 9.47. The number of aliphatic imine (C=N–C) groups is 1. The molecule has 0 radical (unpaired) electrons. The Morgan fingerprint density at radius 2 is 1.78 bits per heavy atom. The molecule has 0 atom stereocenters. The number of rotatable bonds is 7. The van der Waals surface area contributed by atoms with Gasteiger partial charge in [-0.1, -0.05) is 25.7 Å². The number of hydrogen-bond acceptors (Lipinski definition) is 4. The van der Waals surface area contributed by atoms with Crippen LogP contribution in [0.1, 0.15) is 38.5 Å². The predicted molar refractivity (Wildman–Crippen MR) is 95.7 cm³/mol. The van der Waals surface area contributed by atoms with Crippen molar-refractivity contribution in [3.05, 3.63) is 0 Å². The molecule has 7 heteroatoms. The Bertz CT molecular complexity index is 458. The molecule has 1 heterocycles. The van der Waals surface area contributed by atoms with E-state index in [1.807, 2.05) is 0 Å². The van der Waals surface area contributed by atoms with Gasteiger partial charge in [0, 0.05) is 39.8 Å². The van der Waals surface area contributed by atoms with E-state index in [0.29, 0.717) is 24.6 Å². The summed E-state index contributed by atoms with van der Waals surface area (Å²) in [6, 6.07) is 0. The van der Waals surface area contributed by atoms with Crippen LogP contribution in [-0.4, -0.2) is 70.6 Å². The summed E-state index contributed by atoms with van der Waals surface area (Å²) >= 11 is 0. The van der Waals surface area contributed by atoms with Crippen molar-refractivity contribution < 1.29 is 8.42 Å². The van der Waals surface area contributed by atoms with Gasteiger partial charge in [0.25, 0.3) is 0 Å². The molecular formula is C16H32N4O2S. The first-order valence-electron chi connectivity index (χ1n) is 8.96. The lowest BCUT2D eigenvalue weighted by Gasteiger charge is -2.26. The van der Waals surface area contributed by atoms with Crippen molar-refractivity contribution in [2.24, 2.45) is 10.9 Å². The molecule has 2 N–H and O–H groups in total. The summed E-state index contributed by atoms with van der Waals surface area (Å²) in [6.45, 7) is 3.92. The molecule has 1 aliphatic heterocycles. The van der Waals surface area contributed by atoms with Gasteiger partial charge < -0.3 is 10.6 Å². The zero-order valence-electron chi connectivity index (χ0n) is 14.4. The minimum atomic E-state index is -2.78. The van der Waals surface area contributed by atoms with Crippen LogP contribution < -0.4 is 10.6 Å². The fourth-order valence-electron chi connectivity index (χ4n) is 3.42. The fourth-order valence-corrected chi connectivity index (χ4v) is 4.70. The molecule has 0 amide bonds. The summed E-state index contributed by atoms with van der Waals surface area (Å²) in [6.07, 6.45) is 8.19. The Hall–Kier alpha value is -0.820. The summed E-state index contributed by atoms with van der Waals surface area (Å²) in [5.41, 5.74) is 0. The molecule has 0 bridgehead atoms. The van der Waals surface area contributed by atoms with Crippen LogP contribution in [0.15, 0.2) is 4.99 Å². The number of sulfone groups is 1. The molecule has 2 rings (SSSR count). The number of nitrogens with zero attached hydrogens (tertiary/aromatic N) is 2. The van der Waals surface area contributed by atoms with Gasteiger partial charge in [-0.2, -0.15) is 0 Å². The zero-order chi connectivity index (χ0) is 16.5. The third kappa shape index (κ3) is 7.08. The highest BCUT2D eigenvalue weighted by molar-refractivity contribution is 7.91. The van der Waals surface area contributed by atoms with E-state index in [4.69, 9.17) is 0 Å². The van der Waals surface area contributed by atoms with Crippen LogP contribution in [0, 0.1) is 5.92 Å². The third-order valence-corrected chi connectivity index (χ3v) is 6.55. The molecule has 0 aromatic carbocycles.